The van der Waals surface area contributed by atoms with Gasteiger partial charge in [0.15, 0.2) is 5.65 Å². The number of fused-ring (bicyclic) bond motifs is 1. The largest absolute Gasteiger partial charge is 0.389 e. The predicted molar refractivity (Wildman–Crippen MR) is 126 cm³/mol. The van der Waals surface area contributed by atoms with Crippen molar-refractivity contribution in [2.75, 3.05) is 6.54 Å². The topological polar surface area (TPSA) is 62.5 Å². The number of rotatable bonds is 6. The van der Waals surface area contributed by atoms with Crippen molar-refractivity contribution >= 4 is 11.7 Å². The van der Waals surface area contributed by atoms with Crippen LogP contribution in [0, 0.1) is 13.8 Å². The molecule has 0 saturated carbocycles. The van der Waals surface area contributed by atoms with Crippen molar-refractivity contribution in [3.8, 4) is 0 Å². The van der Waals surface area contributed by atoms with E-state index in [1.165, 1.54) is 11.1 Å². The van der Waals surface area contributed by atoms with Crippen molar-refractivity contribution in [1.82, 2.24) is 19.9 Å². The zero-order valence-corrected chi connectivity index (χ0v) is 19.2. The lowest BCUT2D eigenvalue weighted by Gasteiger charge is -2.35. The molecule has 164 valence electrons. The molecule has 2 unspecified atom stereocenters. The lowest BCUT2D eigenvalue weighted by molar-refractivity contribution is 0.00128. The fourth-order valence-electron chi connectivity index (χ4n) is 4.72. The molecule has 0 radical (unpaired) electrons. The van der Waals surface area contributed by atoms with Crippen LogP contribution in [0.2, 0.25) is 0 Å². The average Bonchev–Trinajstić information content (AvgIpc) is 3.07. The summed E-state index contributed by atoms with van der Waals surface area (Å²) in [5.74, 6) is 0. The SMILES string of the molecule is CCc1nn2c(C)cc(C)nc2c1Cc1ccc(C=CCC2(O)CCNC(C)C2)cc1. The molecule has 1 saturated heterocycles. The van der Waals surface area contributed by atoms with E-state index in [1.54, 1.807) is 0 Å². The summed E-state index contributed by atoms with van der Waals surface area (Å²) in [6.07, 6.45) is 8.29. The first kappa shape index (κ1) is 21.7. The molecule has 4 rings (SSSR count). The molecule has 5 heteroatoms. The molecule has 1 fully saturated rings. The van der Waals surface area contributed by atoms with E-state index in [1.807, 2.05) is 11.4 Å². The molecule has 1 aliphatic rings. The van der Waals surface area contributed by atoms with Crippen LogP contribution >= 0.6 is 0 Å². The summed E-state index contributed by atoms with van der Waals surface area (Å²) in [6, 6.07) is 11.1. The summed E-state index contributed by atoms with van der Waals surface area (Å²) in [7, 11) is 0. The van der Waals surface area contributed by atoms with E-state index in [4.69, 9.17) is 10.1 Å². The quantitative estimate of drug-likeness (QED) is 0.623. The Morgan fingerprint density at radius 1 is 1.26 bits per heavy atom. The summed E-state index contributed by atoms with van der Waals surface area (Å²) < 4.78 is 1.98. The summed E-state index contributed by atoms with van der Waals surface area (Å²) in [4.78, 5) is 4.78. The van der Waals surface area contributed by atoms with Crippen LogP contribution in [0.15, 0.2) is 36.4 Å². The number of aromatic nitrogens is 3. The number of nitrogens with one attached hydrogen (secondary N) is 1. The predicted octanol–water partition coefficient (Wildman–Crippen LogP) is 4.41. The molecule has 1 aromatic carbocycles. The number of aliphatic hydroxyl groups is 1. The third-order valence-electron chi connectivity index (χ3n) is 6.35. The third kappa shape index (κ3) is 4.89. The molecule has 0 spiro atoms. The van der Waals surface area contributed by atoms with Gasteiger partial charge in [0, 0.05) is 29.4 Å². The molecule has 0 aliphatic carbocycles. The molecule has 3 aromatic rings. The summed E-state index contributed by atoms with van der Waals surface area (Å²) >= 11 is 0. The van der Waals surface area contributed by atoms with Gasteiger partial charge in [-0.15, -0.1) is 0 Å². The highest BCUT2D eigenvalue weighted by molar-refractivity contribution is 5.55. The molecular weight excluding hydrogens is 384 g/mol. The van der Waals surface area contributed by atoms with Crippen molar-refractivity contribution in [3.63, 3.8) is 0 Å². The Morgan fingerprint density at radius 3 is 2.74 bits per heavy atom. The first-order valence-corrected chi connectivity index (χ1v) is 11.4. The van der Waals surface area contributed by atoms with Crippen LogP contribution < -0.4 is 5.32 Å². The third-order valence-corrected chi connectivity index (χ3v) is 6.35. The number of nitrogens with zero attached hydrogens (tertiary/aromatic N) is 3. The van der Waals surface area contributed by atoms with Crippen molar-refractivity contribution < 1.29 is 5.11 Å². The fourth-order valence-corrected chi connectivity index (χ4v) is 4.72. The second kappa shape index (κ2) is 8.93. The Balaban J connectivity index is 1.48. The van der Waals surface area contributed by atoms with Gasteiger partial charge in [0.1, 0.15) is 0 Å². The highest BCUT2D eigenvalue weighted by Gasteiger charge is 2.30. The van der Waals surface area contributed by atoms with Gasteiger partial charge in [-0.1, -0.05) is 43.3 Å². The molecule has 31 heavy (non-hydrogen) atoms. The average molecular weight is 419 g/mol. The van der Waals surface area contributed by atoms with Crippen molar-refractivity contribution in [2.45, 2.75) is 71.4 Å². The highest BCUT2D eigenvalue weighted by Crippen LogP contribution is 2.26. The zero-order chi connectivity index (χ0) is 22.0. The van der Waals surface area contributed by atoms with Crippen LogP contribution in [-0.4, -0.2) is 37.9 Å². The van der Waals surface area contributed by atoms with Crippen LogP contribution in [-0.2, 0) is 12.8 Å². The minimum atomic E-state index is -0.579. The smallest absolute Gasteiger partial charge is 0.159 e. The lowest BCUT2D eigenvalue weighted by Crippen LogP contribution is -2.46. The van der Waals surface area contributed by atoms with E-state index in [0.717, 1.165) is 60.5 Å². The molecule has 0 amide bonds. The molecule has 3 heterocycles. The van der Waals surface area contributed by atoms with Gasteiger partial charge in [-0.05, 0) is 70.2 Å². The monoisotopic (exact) mass is 418 g/mol. The van der Waals surface area contributed by atoms with Gasteiger partial charge in [-0.25, -0.2) is 9.50 Å². The molecular formula is C26H34N4O. The number of hydrogen-bond donors (Lipinski definition) is 2. The zero-order valence-electron chi connectivity index (χ0n) is 19.2. The standard InChI is InChI=1S/C26H34N4O/c1-5-24-23(25-28-18(2)15-20(4)30(25)29-24)16-22-10-8-21(9-11-22)7-6-12-26(31)13-14-27-19(3)17-26/h6-11,15,19,27,31H,5,12-14,16-17H2,1-4H3. The van der Waals surface area contributed by atoms with Gasteiger partial charge in [0.2, 0.25) is 0 Å². The maximum Gasteiger partial charge on any atom is 0.159 e. The second-order valence-electron chi connectivity index (χ2n) is 9.11. The molecule has 2 N–H and O–H groups in total. The lowest BCUT2D eigenvalue weighted by atomic mass is 9.85. The van der Waals surface area contributed by atoms with Crippen LogP contribution in [0.3, 0.4) is 0 Å². The number of piperidine rings is 1. The number of aryl methyl sites for hydroxylation is 3. The summed E-state index contributed by atoms with van der Waals surface area (Å²) in [5.41, 5.74) is 7.30. The molecule has 5 nitrogen and oxygen atoms in total. The Morgan fingerprint density at radius 2 is 2.03 bits per heavy atom. The van der Waals surface area contributed by atoms with Gasteiger partial charge in [-0.3, -0.25) is 0 Å². The van der Waals surface area contributed by atoms with Crippen LogP contribution in [0.4, 0.5) is 0 Å². The number of hydrogen-bond acceptors (Lipinski definition) is 4. The summed E-state index contributed by atoms with van der Waals surface area (Å²) in [6.45, 7) is 9.30. The van der Waals surface area contributed by atoms with Gasteiger partial charge < -0.3 is 10.4 Å². The van der Waals surface area contributed by atoms with Crippen LogP contribution in [0.25, 0.3) is 11.7 Å². The van der Waals surface area contributed by atoms with E-state index in [9.17, 15) is 5.11 Å². The normalized spacial score (nSPS) is 21.9. The Labute approximate surface area is 185 Å². The summed E-state index contributed by atoms with van der Waals surface area (Å²) in [5, 5.41) is 19.0. The van der Waals surface area contributed by atoms with E-state index >= 15 is 0 Å². The molecule has 2 atom stereocenters. The number of benzene rings is 1. The fraction of sp³-hybridized carbons (Fsp3) is 0.462. The minimum Gasteiger partial charge on any atom is -0.389 e. The van der Waals surface area contributed by atoms with Gasteiger partial charge in [0.05, 0.1) is 11.3 Å². The van der Waals surface area contributed by atoms with Crippen molar-refractivity contribution in [1.29, 1.82) is 0 Å². The van der Waals surface area contributed by atoms with Crippen molar-refractivity contribution in [3.05, 3.63) is 70.2 Å². The van der Waals surface area contributed by atoms with Gasteiger partial charge in [-0.2, -0.15) is 5.10 Å². The van der Waals surface area contributed by atoms with E-state index in [2.05, 4.69) is 68.6 Å². The second-order valence-corrected chi connectivity index (χ2v) is 9.11. The van der Waals surface area contributed by atoms with Crippen LogP contribution in [0.5, 0.6) is 0 Å². The van der Waals surface area contributed by atoms with E-state index in [-0.39, 0.29) is 0 Å². The van der Waals surface area contributed by atoms with Crippen LogP contribution in [0.1, 0.15) is 66.9 Å². The highest BCUT2D eigenvalue weighted by atomic mass is 16.3. The molecule has 2 aromatic heterocycles. The van der Waals surface area contributed by atoms with E-state index in [0.29, 0.717) is 12.5 Å². The minimum absolute atomic E-state index is 0.376. The Hall–Kier alpha value is -2.50. The molecule has 1 aliphatic heterocycles. The van der Waals surface area contributed by atoms with Gasteiger partial charge >= 0.3 is 0 Å². The first-order valence-electron chi connectivity index (χ1n) is 11.4. The molecule has 0 bridgehead atoms. The Kier molecular flexibility index (Phi) is 6.26. The van der Waals surface area contributed by atoms with Gasteiger partial charge in [0.25, 0.3) is 0 Å². The van der Waals surface area contributed by atoms with Crippen molar-refractivity contribution in [2.24, 2.45) is 0 Å². The first-order chi connectivity index (χ1) is 14.9. The van der Waals surface area contributed by atoms with E-state index < -0.39 is 5.60 Å². The Bertz CT molecular complexity index is 1080. The maximum atomic E-state index is 10.8. The maximum absolute atomic E-state index is 10.8.